The highest BCUT2D eigenvalue weighted by Gasteiger charge is 2.15. The third kappa shape index (κ3) is 4.80. The first-order valence-corrected chi connectivity index (χ1v) is 6.93. The molecule has 1 aromatic rings. The van der Waals surface area contributed by atoms with Crippen LogP contribution in [0, 0.1) is 5.82 Å². The van der Waals surface area contributed by atoms with Crippen molar-refractivity contribution in [1.29, 1.82) is 0 Å². The fourth-order valence-electron chi connectivity index (χ4n) is 1.60. The van der Waals surface area contributed by atoms with Crippen LogP contribution in [0.15, 0.2) is 18.2 Å². The zero-order valence-electron chi connectivity index (χ0n) is 10.9. The number of benzene rings is 1. The van der Waals surface area contributed by atoms with Crippen LogP contribution in [-0.4, -0.2) is 38.1 Å². The van der Waals surface area contributed by atoms with Gasteiger partial charge in [-0.3, -0.25) is 4.79 Å². The SMILES string of the molecule is COCC(CCBr)NC(=O)c1ccc(F)c(OC)c1. The maximum atomic E-state index is 13.3. The van der Waals surface area contributed by atoms with Crippen LogP contribution >= 0.6 is 15.9 Å². The van der Waals surface area contributed by atoms with Gasteiger partial charge in [0.05, 0.1) is 19.8 Å². The van der Waals surface area contributed by atoms with Crippen molar-refractivity contribution in [3.63, 3.8) is 0 Å². The lowest BCUT2D eigenvalue weighted by Crippen LogP contribution is -2.38. The van der Waals surface area contributed by atoms with Crippen molar-refractivity contribution in [2.24, 2.45) is 0 Å². The summed E-state index contributed by atoms with van der Waals surface area (Å²) in [5, 5.41) is 3.59. The number of carbonyl (C=O) groups is 1. The van der Waals surface area contributed by atoms with Gasteiger partial charge in [-0.15, -0.1) is 0 Å². The molecular weight excluding hydrogens is 317 g/mol. The number of hydrogen-bond donors (Lipinski definition) is 1. The molecule has 0 spiro atoms. The Labute approximate surface area is 120 Å². The molecule has 1 unspecified atom stereocenters. The summed E-state index contributed by atoms with van der Waals surface area (Å²) in [4.78, 5) is 12.0. The van der Waals surface area contributed by atoms with E-state index in [0.29, 0.717) is 12.2 Å². The van der Waals surface area contributed by atoms with E-state index in [0.717, 1.165) is 11.8 Å². The lowest BCUT2D eigenvalue weighted by atomic mass is 10.1. The molecule has 0 aliphatic rings. The molecular formula is C13H17BrFNO3. The summed E-state index contributed by atoms with van der Waals surface area (Å²) in [6.07, 6.45) is 0.748. The predicted molar refractivity (Wildman–Crippen MR) is 74.5 cm³/mol. The van der Waals surface area contributed by atoms with Crippen LogP contribution in [0.4, 0.5) is 4.39 Å². The van der Waals surface area contributed by atoms with Crippen LogP contribution in [0.3, 0.4) is 0 Å². The van der Waals surface area contributed by atoms with Crippen LogP contribution in [0.2, 0.25) is 0 Å². The Balaban J connectivity index is 2.76. The molecule has 0 fully saturated rings. The van der Waals surface area contributed by atoms with E-state index in [1.807, 2.05) is 0 Å². The average molecular weight is 334 g/mol. The van der Waals surface area contributed by atoms with Gasteiger partial charge in [0.2, 0.25) is 0 Å². The molecule has 0 heterocycles. The van der Waals surface area contributed by atoms with Gasteiger partial charge < -0.3 is 14.8 Å². The monoisotopic (exact) mass is 333 g/mol. The number of rotatable bonds is 7. The Morgan fingerprint density at radius 1 is 1.47 bits per heavy atom. The van der Waals surface area contributed by atoms with E-state index in [-0.39, 0.29) is 17.7 Å². The quantitative estimate of drug-likeness (QED) is 0.779. The minimum absolute atomic E-state index is 0.0523. The Hall–Kier alpha value is -1.14. The number of hydrogen-bond acceptors (Lipinski definition) is 3. The average Bonchev–Trinajstić information content (AvgIpc) is 2.39. The maximum Gasteiger partial charge on any atom is 0.251 e. The number of methoxy groups -OCH3 is 2. The van der Waals surface area contributed by atoms with E-state index in [1.165, 1.54) is 25.3 Å². The Morgan fingerprint density at radius 3 is 2.79 bits per heavy atom. The minimum atomic E-state index is -0.493. The molecule has 0 saturated carbocycles. The van der Waals surface area contributed by atoms with E-state index in [9.17, 15) is 9.18 Å². The Morgan fingerprint density at radius 2 is 2.21 bits per heavy atom. The normalized spacial score (nSPS) is 12.0. The third-order valence-corrected chi connectivity index (χ3v) is 3.03. The fraction of sp³-hybridized carbons (Fsp3) is 0.462. The summed E-state index contributed by atoms with van der Waals surface area (Å²) in [6, 6.07) is 3.92. The largest absolute Gasteiger partial charge is 0.494 e. The minimum Gasteiger partial charge on any atom is -0.494 e. The van der Waals surface area contributed by atoms with Gasteiger partial charge in [-0.2, -0.15) is 0 Å². The van der Waals surface area contributed by atoms with Crippen LogP contribution in [0.25, 0.3) is 0 Å². The van der Waals surface area contributed by atoms with Gasteiger partial charge >= 0.3 is 0 Å². The van der Waals surface area contributed by atoms with Crippen molar-refractivity contribution in [2.75, 3.05) is 26.2 Å². The number of halogens is 2. The zero-order valence-corrected chi connectivity index (χ0v) is 12.5. The van der Waals surface area contributed by atoms with Gasteiger partial charge in [0.15, 0.2) is 11.6 Å². The van der Waals surface area contributed by atoms with Crippen molar-refractivity contribution < 1.29 is 18.7 Å². The van der Waals surface area contributed by atoms with Gasteiger partial charge in [-0.1, -0.05) is 15.9 Å². The second-order valence-electron chi connectivity index (χ2n) is 3.95. The van der Waals surface area contributed by atoms with Gasteiger partial charge in [-0.05, 0) is 24.6 Å². The van der Waals surface area contributed by atoms with E-state index in [4.69, 9.17) is 9.47 Å². The standard InChI is InChI=1S/C13H17BrFNO3/c1-18-8-10(5-6-14)16-13(17)9-3-4-11(15)12(7-9)19-2/h3-4,7,10H,5-6,8H2,1-2H3,(H,16,17). The number of amides is 1. The fourth-order valence-corrected chi connectivity index (χ4v) is 2.15. The summed E-state index contributed by atoms with van der Waals surface area (Å²) >= 11 is 3.32. The van der Waals surface area contributed by atoms with Crippen molar-refractivity contribution >= 4 is 21.8 Å². The van der Waals surface area contributed by atoms with Crippen molar-refractivity contribution in [1.82, 2.24) is 5.32 Å². The lowest BCUT2D eigenvalue weighted by Gasteiger charge is -2.17. The molecule has 0 bridgehead atoms. The molecule has 0 aliphatic heterocycles. The summed E-state index contributed by atoms with van der Waals surface area (Å²) < 4.78 is 23.1. The summed E-state index contributed by atoms with van der Waals surface area (Å²) in [5.74, 6) is -0.717. The molecule has 19 heavy (non-hydrogen) atoms. The first-order chi connectivity index (χ1) is 9.12. The Bertz CT molecular complexity index is 422. The smallest absolute Gasteiger partial charge is 0.251 e. The molecule has 0 aliphatic carbocycles. The van der Waals surface area contributed by atoms with Crippen LogP contribution in [-0.2, 0) is 4.74 Å². The molecule has 0 saturated heterocycles. The first-order valence-electron chi connectivity index (χ1n) is 5.81. The van der Waals surface area contributed by atoms with Gasteiger partial charge in [0, 0.05) is 18.0 Å². The van der Waals surface area contributed by atoms with Gasteiger partial charge in [0.1, 0.15) is 0 Å². The van der Waals surface area contributed by atoms with Crippen LogP contribution in [0.5, 0.6) is 5.75 Å². The molecule has 0 aromatic heterocycles. The number of carbonyl (C=O) groups excluding carboxylic acids is 1. The molecule has 106 valence electrons. The summed E-state index contributed by atoms with van der Waals surface area (Å²) in [5.41, 5.74) is 0.355. The molecule has 0 radical (unpaired) electrons. The van der Waals surface area contributed by atoms with E-state index in [1.54, 1.807) is 7.11 Å². The van der Waals surface area contributed by atoms with Crippen LogP contribution < -0.4 is 10.1 Å². The van der Waals surface area contributed by atoms with Crippen LogP contribution in [0.1, 0.15) is 16.8 Å². The van der Waals surface area contributed by atoms with E-state index >= 15 is 0 Å². The zero-order chi connectivity index (χ0) is 14.3. The van der Waals surface area contributed by atoms with E-state index < -0.39 is 5.82 Å². The molecule has 1 rings (SSSR count). The number of ether oxygens (including phenoxy) is 2. The third-order valence-electron chi connectivity index (χ3n) is 2.57. The molecule has 6 heteroatoms. The number of alkyl halides is 1. The van der Waals surface area contributed by atoms with Crippen molar-refractivity contribution in [3.8, 4) is 5.75 Å². The molecule has 4 nitrogen and oxygen atoms in total. The second kappa shape index (κ2) is 8.12. The van der Waals surface area contributed by atoms with Gasteiger partial charge in [-0.25, -0.2) is 4.39 Å². The number of nitrogens with one attached hydrogen (secondary N) is 1. The molecule has 1 atom stereocenters. The lowest BCUT2D eigenvalue weighted by molar-refractivity contribution is 0.0895. The summed E-state index contributed by atoms with van der Waals surface area (Å²) in [7, 11) is 2.94. The second-order valence-corrected chi connectivity index (χ2v) is 4.75. The van der Waals surface area contributed by atoms with E-state index in [2.05, 4.69) is 21.2 Å². The maximum absolute atomic E-state index is 13.3. The highest BCUT2D eigenvalue weighted by Crippen LogP contribution is 2.18. The highest BCUT2D eigenvalue weighted by atomic mass is 79.9. The van der Waals surface area contributed by atoms with Crippen molar-refractivity contribution in [3.05, 3.63) is 29.6 Å². The predicted octanol–water partition coefficient (Wildman–Crippen LogP) is 2.36. The van der Waals surface area contributed by atoms with Crippen molar-refractivity contribution in [2.45, 2.75) is 12.5 Å². The first kappa shape index (κ1) is 15.9. The topological polar surface area (TPSA) is 47.6 Å². The Kier molecular flexibility index (Phi) is 6.80. The molecule has 1 amide bonds. The highest BCUT2D eigenvalue weighted by molar-refractivity contribution is 9.09. The summed E-state index contributed by atoms with van der Waals surface area (Å²) in [6.45, 7) is 0.426. The molecule has 1 N–H and O–H groups in total. The van der Waals surface area contributed by atoms with Gasteiger partial charge in [0.25, 0.3) is 5.91 Å². The molecule has 1 aromatic carbocycles.